The van der Waals surface area contributed by atoms with E-state index in [9.17, 15) is 0 Å². The van der Waals surface area contributed by atoms with E-state index >= 15 is 0 Å². The summed E-state index contributed by atoms with van der Waals surface area (Å²) in [4.78, 5) is 4.64. The number of para-hydroxylation sites is 9. The van der Waals surface area contributed by atoms with Crippen LogP contribution in [-0.4, -0.2) is 4.57 Å². The summed E-state index contributed by atoms with van der Waals surface area (Å²) in [6.45, 7) is 0. The Morgan fingerprint density at radius 1 is 0.393 bits per heavy atom. The molecule has 5 nitrogen and oxygen atoms in total. The fourth-order valence-electron chi connectivity index (χ4n) is 9.71. The van der Waals surface area contributed by atoms with Crippen molar-refractivity contribution in [2.75, 3.05) is 9.80 Å². The monoisotopic (exact) mass is 801 g/mol. The average molecular weight is 802 g/mol. The number of anilines is 6. The molecule has 11 aromatic rings. The Labute approximate surface area is 356 Å². The molecule has 0 bridgehead atoms. The van der Waals surface area contributed by atoms with Crippen molar-refractivity contribution in [2.24, 2.45) is 7.05 Å². The van der Waals surface area contributed by atoms with Gasteiger partial charge in [0.2, 0.25) is 0 Å². The summed E-state index contributed by atoms with van der Waals surface area (Å²) in [5, 5.41) is 5.09. The van der Waals surface area contributed by atoms with E-state index in [1.165, 1.54) is 53.1 Å². The van der Waals surface area contributed by atoms with Crippen LogP contribution < -0.4 is 19.3 Å². The lowest BCUT2D eigenvalue weighted by molar-refractivity contribution is 0.477. The van der Waals surface area contributed by atoms with E-state index in [0.717, 1.165) is 68.2 Å². The number of rotatable bonds is 4. The van der Waals surface area contributed by atoms with Crippen molar-refractivity contribution in [3.05, 3.63) is 194 Å². The first-order valence-corrected chi connectivity index (χ1v) is 21.4. The second-order valence-corrected chi connectivity index (χ2v) is 16.8. The van der Waals surface area contributed by atoms with Gasteiger partial charge in [-0.3, -0.25) is 0 Å². The Hall–Kier alpha value is -7.80. The van der Waals surface area contributed by atoms with Crippen LogP contribution in [0, 0.1) is 0 Å². The lowest BCUT2D eigenvalue weighted by Crippen LogP contribution is -2.15. The van der Waals surface area contributed by atoms with Crippen LogP contribution in [0.15, 0.2) is 194 Å². The van der Waals surface area contributed by atoms with Gasteiger partial charge in [0.05, 0.1) is 33.8 Å². The maximum Gasteiger partial charge on any atom is 0.151 e. The third-order valence-corrected chi connectivity index (χ3v) is 13.5. The summed E-state index contributed by atoms with van der Waals surface area (Å²) in [6, 6.07) is 69.1. The number of hydrogen-bond donors (Lipinski definition) is 0. The summed E-state index contributed by atoms with van der Waals surface area (Å²) in [5.74, 6) is 3.36. The van der Waals surface area contributed by atoms with Gasteiger partial charge >= 0.3 is 0 Å². The fourth-order valence-corrected chi connectivity index (χ4v) is 11.0. The minimum Gasteiger partial charge on any atom is -0.453 e. The molecule has 288 valence electrons. The van der Waals surface area contributed by atoms with Crippen LogP contribution in [0.25, 0.3) is 64.2 Å². The molecule has 0 N–H and O–H groups in total. The van der Waals surface area contributed by atoms with Crippen LogP contribution in [0.1, 0.15) is 0 Å². The van der Waals surface area contributed by atoms with Gasteiger partial charge in [-0.15, -0.1) is 11.3 Å². The molecular weight excluding hydrogens is 767 g/mol. The first kappa shape index (κ1) is 34.1. The second-order valence-electron chi connectivity index (χ2n) is 15.7. The number of ether oxygens (including phenoxy) is 2. The number of thiophene rings is 1. The van der Waals surface area contributed by atoms with Gasteiger partial charge in [0.1, 0.15) is 0 Å². The molecule has 0 fully saturated rings. The molecule has 6 heteroatoms. The highest BCUT2D eigenvalue weighted by Gasteiger charge is 2.28. The Kier molecular flexibility index (Phi) is 7.32. The van der Waals surface area contributed by atoms with Gasteiger partial charge in [0.25, 0.3) is 0 Å². The highest BCUT2D eigenvalue weighted by Crippen LogP contribution is 2.54. The highest BCUT2D eigenvalue weighted by molar-refractivity contribution is 7.26. The standard InChI is InChI=1S/C55H35N3O2S/c1-56-53-38(34-15-12-17-36(31-34)57-43-22-3-7-26-47(43)59-48-27-8-4-23-44(48)57)20-14-21-40(53)52-54(56)41(33-42-39-19-2-11-30-51(39)61-55(42)52)35-16-13-18-37(32-35)58-45-24-5-9-28-49(45)60-50-29-10-6-25-46(50)58/h2-33H,1H3. The Morgan fingerprint density at radius 3 is 1.44 bits per heavy atom. The van der Waals surface area contributed by atoms with E-state index in [1.54, 1.807) is 0 Å². The van der Waals surface area contributed by atoms with Crippen molar-refractivity contribution in [1.29, 1.82) is 0 Å². The normalized spacial score (nSPS) is 12.9. The lowest BCUT2D eigenvalue weighted by Gasteiger charge is -2.33. The van der Waals surface area contributed by atoms with Crippen LogP contribution in [0.3, 0.4) is 0 Å². The molecule has 0 radical (unpaired) electrons. The van der Waals surface area contributed by atoms with Gasteiger partial charge in [-0.2, -0.15) is 0 Å². The van der Waals surface area contributed by atoms with Crippen LogP contribution in [0.2, 0.25) is 0 Å². The van der Waals surface area contributed by atoms with Crippen LogP contribution >= 0.6 is 11.3 Å². The Balaban J connectivity index is 1.04. The van der Waals surface area contributed by atoms with Crippen LogP contribution in [0.5, 0.6) is 23.0 Å². The van der Waals surface area contributed by atoms with Crippen molar-refractivity contribution in [3.8, 4) is 45.3 Å². The topological polar surface area (TPSA) is 29.9 Å². The first-order valence-electron chi connectivity index (χ1n) is 20.6. The number of hydrogen-bond acceptors (Lipinski definition) is 5. The van der Waals surface area contributed by atoms with Crippen molar-refractivity contribution in [2.45, 2.75) is 0 Å². The number of aryl methyl sites for hydroxylation is 1. The van der Waals surface area contributed by atoms with Gasteiger partial charge in [-0.1, -0.05) is 109 Å². The summed E-state index contributed by atoms with van der Waals surface area (Å²) in [6.07, 6.45) is 0. The van der Waals surface area contributed by atoms with Gasteiger partial charge in [0.15, 0.2) is 23.0 Å². The van der Waals surface area contributed by atoms with E-state index in [0.29, 0.717) is 0 Å². The molecule has 13 rings (SSSR count). The smallest absolute Gasteiger partial charge is 0.151 e. The lowest BCUT2D eigenvalue weighted by atomic mass is 9.97. The quantitative estimate of drug-likeness (QED) is 0.177. The molecule has 2 aliphatic rings. The molecule has 2 aromatic heterocycles. The van der Waals surface area contributed by atoms with E-state index in [2.05, 4.69) is 167 Å². The minimum absolute atomic E-state index is 0.840. The number of benzene rings is 9. The largest absolute Gasteiger partial charge is 0.453 e. The molecule has 0 aliphatic carbocycles. The molecular formula is C55H35N3O2S. The number of aromatic nitrogens is 1. The molecule has 4 heterocycles. The van der Waals surface area contributed by atoms with Gasteiger partial charge in [0, 0.05) is 60.5 Å². The maximum atomic E-state index is 6.40. The molecule has 61 heavy (non-hydrogen) atoms. The predicted molar refractivity (Wildman–Crippen MR) is 254 cm³/mol. The first-order chi connectivity index (χ1) is 30.2. The SMILES string of the molecule is Cn1c2c(-c3cccc(N4c5ccccc5Oc5ccccc54)c3)cccc2c2c3sc4ccccc4c3cc(-c3cccc(N4c5ccccc5Oc5ccccc54)c3)c21. The molecule has 0 saturated heterocycles. The van der Waals surface area contributed by atoms with E-state index in [1.807, 2.05) is 59.9 Å². The summed E-state index contributed by atoms with van der Waals surface area (Å²) in [7, 11) is 2.24. The molecule has 9 aromatic carbocycles. The molecule has 0 spiro atoms. The average Bonchev–Trinajstić information content (AvgIpc) is 3.84. The second kappa shape index (κ2) is 13.1. The van der Waals surface area contributed by atoms with Crippen molar-refractivity contribution in [1.82, 2.24) is 4.57 Å². The van der Waals surface area contributed by atoms with Crippen LogP contribution in [0.4, 0.5) is 34.1 Å². The summed E-state index contributed by atoms with van der Waals surface area (Å²) < 4.78 is 17.8. The van der Waals surface area contributed by atoms with Crippen molar-refractivity contribution >= 4 is 87.4 Å². The van der Waals surface area contributed by atoms with E-state index < -0.39 is 0 Å². The third-order valence-electron chi connectivity index (χ3n) is 12.3. The van der Waals surface area contributed by atoms with Gasteiger partial charge in [-0.25, -0.2) is 0 Å². The highest BCUT2D eigenvalue weighted by atomic mass is 32.1. The zero-order valence-corrected chi connectivity index (χ0v) is 33.9. The van der Waals surface area contributed by atoms with Crippen molar-refractivity contribution in [3.63, 3.8) is 0 Å². The van der Waals surface area contributed by atoms with Crippen molar-refractivity contribution < 1.29 is 9.47 Å². The van der Waals surface area contributed by atoms with Gasteiger partial charge < -0.3 is 23.8 Å². The molecule has 0 amide bonds. The third kappa shape index (κ3) is 5.06. The molecule has 0 saturated carbocycles. The zero-order chi connectivity index (χ0) is 40.2. The molecule has 0 atom stereocenters. The van der Waals surface area contributed by atoms with Crippen LogP contribution in [-0.2, 0) is 7.05 Å². The summed E-state index contributed by atoms with van der Waals surface area (Å²) in [5.41, 5.74) is 13.3. The van der Waals surface area contributed by atoms with E-state index in [4.69, 9.17) is 9.47 Å². The van der Waals surface area contributed by atoms with E-state index in [-0.39, 0.29) is 0 Å². The minimum atomic E-state index is 0.840. The fraction of sp³-hybridized carbons (Fsp3) is 0.0182. The number of fused-ring (bicyclic) bond motifs is 11. The Bertz CT molecular complexity index is 3510. The number of nitrogens with zero attached hydrogens (tertiary/aromatic N) is 3. The summed E-state index contributed by atoms with van der Waals surface area (Å²) >= 11 is 1.89. The maximum absolute atomic E-state index is 6.40. The Morgan fingerprint density at radius 2 is 0.869 bits per heavy atom. The van der Waals surface area contributed by atoms with Gasteiger partial charge in [-0.05, 0) is 96.1 Å². The predicted octanol–water partition coefficient (Wildman–Crippen LogP) is 16.2. The molecule has 2 aliphatic heterocycles. The zero-order valence-electron chi connectivity index (χ0n) is 33.0. The molecule has 0 unspecified atom stereocenters.